The number of imidazole rings is 1. The van der Waals surface area contributed by atoms with Crippen LogP contribution in [0.5, 0.6) is 0 Å². The number of fused-ring (bicyclic) bond motifs is 1. The van der Waals surface area contributed by atoms with Gasteiger partial charge in [-0.2, -0.15) is 0 Å². The molecule has 1 aromatic carbocycles. The summed E-state index contributed by atoms with van der Waals surface area (Å²) in [6.07, 6.45) is 2.54. The molecule has 0 saturated carbocycles. The lowest BCUT2D eigenvalue weighted by atomic mass is 10.2. The number of rotatable bonds is 6. The number of pyridine rings is 1. The molecule has 1 atom stereocenters. The molecule has 0 aliphatic heterocycles. The van der Waals surface area contributed by atoms with Gasteiger partial charge in [0, 0.05) is 37.7 Å². The summed E-state index contributed by atoms with van der Waals surface area (Å²) < 4.78 is 1.63. The van der Waals surface area contributed by atoms with E-state index in [4.69, 9.17) is 0 Å². The quantitative estimate of drug-likeness (QED) is 0.689. The van der Waals surface area contributed by atoms with E-state index >= 15 is 0 Å². The average Bonchev–Trinajstić information content (AvgIpc) is 3.08. The Kier molecular flexibility index (Phi) is 5.63. The zero-order valence-corrected chi connectivity index (χ0v) is 16.6. The second-order valence-corrected chi connectivity index (χ2v) is 6.92. The van der Waals surface area contributed by atoms with E-state index < -0.39 is 0 Å². The number of benzene rings is 1. The molecule has 2 amide bonds. The first-order chi connectivity index (χ1) is 13.4. The molecule has 2 heterocycles. The lowest BCUT2D eigenvalue weighted by Gasteiger charge is -2.12. The van der Waals surface area contributed by atoms with Crippen LogP contribution >= 0.6 is 0 Å². The van der Waals surface area contributed by atoms with Crippen molar-refractivity contribution >= 4 is 28.7 Å². The smallest absolute Gasteiger partial charge is 0.292 e. The number of carbonyl (C=O) groups excluding carboxylic acids is 2. The molecule has 2 N–H and O–H groups in total. The van der Waals surface area contributed by atoms with Crippen molar-refractivity contribution < 1.29 is 9.59 Å². The van der Waals surface area contributed by atoms with Gasteiger partial charge in [-0.15, -0.1) is 0 Å². The SMILES string of the molecule is CCC(C)NC(=O)c1nc(C(=O)Nc2ccc(N(C)C)cc2)n2ccccc12. The number of hydrogen-bond acceptors (Lipinski definition) is 4. The number of nitrogens with one attached hydrogen (secondary N) is 2. The van der Waals surface area contributed by atoms with Gasteiger partial charge >= 0.3 is 0 Å². The van der Waals surface area contributed by atoms with Crippen LogP contribution in [0.15, 0.2) is 48.7 Å². The first-order valence-corrected chi connectivity index (χ1v) is 9.27. The molecule has 1 unspecified atom stereocenters. The Morgan fingerprint density at radius 3 is 2.46 bits per heavy atom. The maximum Gasteiger partial charge on any atom is 0.292 e. The Morgan fingerprint density at radius 1 is 1.11 bits per heavy atom. The molecule has 0 saturated heterocycles. The second-order valence-electron chi connectivity index (χ2n) is 6.92. The van der Waals surface area contributed by atoms with Crippen LogP contribution in [0.3, 0.4) is 0 Å². The minimum Gasteiger partial charge on any atom is -0.378 e. The molecule has 28 heavy (non-hydrogen) atoms. The molecule has 3 aromatic rings. The molecule has 0 bridgehead atoms. The highest BCUT2D eigenvalue weighted by Gasteiger charge is 2.22. The molecule has 3 rings (SSSR count). The number of nitrogens with zero attached hydrogens (tertiary/aromatic N) is 3. The largest absolute Gasteiger partial charge is 0.378 e. The lowest BCUT2D eigenvalue weighted by molar-refractivity contribution is 0.0936. The lowest BCUT2D eigenvalue weighted by Crippen LogP contribution is -2.32. The van der Waals surface area contributed by atoms with Crippen LogP contribution in [0.25, 0.3) is 5.52 Å². The molecule has 0 aliphatic rings. The van der Waals surface area contributed by atoms with E-state index in [0.29, 0.717) is 11.2 Å². The van der Waals surface area contributed by atoms with Gasteiger partial charge in [-0.25, -0.2) is 4.98 Å². The van der Waals surface area contributed by atoms with Gasteiger partial charge in [0.05, 0.1) is 5.52 Å². The second kappa shape index (κ2) is 8.12. The highest BCUT2D eigenvalue weighted by molar-refractivity contribution is 6.06. The standard InChI is InChI=1S/C21H25N5O2/c1-5-14(2)22-20(27)18-17-8-6-7-13-26(17)19(24-18)21(28)23-15-9-11-16(12-10-15)25(3)4/h6-14H,5H2,1-4H3,(H,22,27)(H,23,28). The van der Waals surface area contributed by atoms with Gasteiger partial charge in [0.15, 0.2) is 5.69 Å². The topological polar surface area (TPSA) is 78.7 Å². The predicted molar refractivity (Wildman–Crippen MR) is 111 cm³/mol. The van der Waals surface area contributed by atoms with Gasteiger partial charge in [-0.1, -0.05) is 13.0 Å². The van der Waals surface area contributed by atoms with Gasteiger partial charge in [0.1, 0.15) is 0 Å². The van der Waals surface area contributed by atoms with Crippen LogP contribution in [0.4, 0.5) is 11.4 Å². The summed E-state index contributed by atoms with van der Waals surface area (Å²) in [6.45, 7) is 3.93. The Balaban J connectivity index is 1.90. The Hall–Kier alpha value is -3.35. The van der Waals surface area contributed by atoms with Crippen LogP contribution in [-0.4, -0.2) is 41.3 Å². The van der Waals surface area contributed by atoms with Crippen molar-refractivity contribution in [3.05, 3.63) is 60.2 Å². The Morgan fingerprint density at radius 2 is 1.82 bits per heavy atom. The zero-order valence-electron chi connectivity index (χ0n) is 16.6. The third-order valence-electron chi connectivity index (χ3n) is 4.60. The van der Waals surface area contributed by atoms with Crippen molar-refractivity contribution in [2.45, 2.75) is 26.3 Å². The summed E-state index contributed by atoms with van der Waals surface area (Å²) >= 11 is 0. The van der Waals surface area contributed by atoms with Crippen LogP contribution in [0.1, 0.15) is 41.4 Å². The van der Waals surface area contributed by atoms with E-state index in [1.165, 1.54) is 0 Å². The third kappa shape index (κ3) is 3.98. The van der Waals surface area contributed by atoms with E-state index in [9.17, 15) is 9.59 Å². The van der Waals surface area contributed by atoms with E-state index in [1.54, 1.807) is 22.7 Å². The van der Waals surface area contributed by atoms with Gasteiger partial charge < -0.3 is 15.5 Å². The van der Waals surface area contributed by atoms with Gasteiger partial charge in [-0.05, 0) is 49.7 Å². The molecule has 7 heteroatoms. The monoisotopic (exact) mass is 379 g/mol. The van der Waals surface area contributed by atoms with Crippen molar-refractivity contribution in [1.29, 1.82) is 0 Å². The third-order valence-corrected chi connectivity index (χ3v) is 4.60. The fourth-order valence-corrected chi connectivity index (χ4v) is 2.79. The van der Waals surface area contributed by atoms with Crippen molar-refractivity contribution in [2.24, 2.45) is 0 Å². The molecule has 0 spiro atoms. The fraction of sp³-hybridized carbons (Fsp3) is 0.286. The summed E-state index contributed by atoms with van der Waals surface area (Å²) in [7, 11) is 3.91. The molecule has 146 valence electrons. The van der Waals surface area contributed by atoms with Crippen molar-refractivity contribution in [2.75, 3.05) is 24.3 Å². The van der Waals surface area contributed by atoms with E-state index in [0.717, 1.165) is 12.1 Å². The van der Waals surface area contributed by atoms with E-state index in [2.05, 4.69) is 15.6 Å². The average molecular weight is 379 g/mol. The van der Waals surface area contributed by atoms with Crippen LogP contribution < -0.4 is 15.5 Å². The summed E-state index contributed by atoms with van der Waals surface area (Å²) in [5.74, 6) is -0.490. The number of amides is 2. The molecule has 0 fully saturated rings. The molecule has 7 nitrogen and oxygen atoms in total. The van der Waals surface area contributed by atoms with Crippen molar-refractivity contribution in [1.82, 2.24) is 14.7 Å². The van der Waals surface area contributed by atoms with Crippen molar-refractivity contribution in [3.8, 4) is 0 Å². The summed E-state index contributed by atoms with van der Waals surface area (Å²) in [5, 5.41) is 5.75. The summed E-state index contributed by atoms with van der Waals surface area (Å²) in [6, 6.07) is 12.9. The minimum absolute atomic E-state index is 0.0282. The minimum atomic E-state index is -0.374. The number of carbonyl (C=O) groups is 2. The van der Waals surface area contributed by atoms with E-state index in [1.807, 2.05) is 63.2 Å². The van der Waals surface area contributed by atoms with Crippen LogP contribution in [0, 0.1) is 0 Å². The first kappa shape index (κ1) is 19.4. The van der Waals surface area contributed by atoms with Gasteiger partial charge in [0.25, 0.3) is 11.8 Å². The van der Waals surface area contributed by atoms with Crippen LogP contribution in [0.2, 0.25) is 0 Å². The Bertz CT molecular complexity index is 992. The number of anilines is 2. The maximum absolute atomic E-state index is 12.8. The van der Waals surface area contributed by atoms with E-state index in [-0.39, 0.29) is 29.4 Å². The molecule has 0 radical (unpaired) electrons. The number of hydrogen-bond donors (Lipinski definition) is 2. The maximum atomic E-state index is 12.8. The number of aromatic nitrogens is 2. The van der Waals surface area contributed by atoms with Crippen LogP contribution in [-0.2, 0) is 0 Å². The molecular weight excluding hydrogens is 354 g/mol. The summed E-state index contributed by atoms with van der Waals surface area (Å²) in [4.78, 5) is 31.8. The molecule has 0 aliphatic carbocycles. The highest BCUT2D eigenvalue weighted by Crippen LogP contribution is 2.18. The first-order valence-electron chi connectivity index (χ1n) is 9.27. The fourth-order valence-electron chi connectivity index (χ4n) is 2.79. The Labute approximate surface area is 164 Å². The van der Waals surface area contributed by atoms with Gasteiger partial charge in [0.2, 0.25) is 5.82 Å². The molecule has 2 aromatic heterocycles. The predicted octanol–water partition coefficient (Wildman–Crippen LogP) is 3.18. The van der Waals surface area contributed by atoms with Crippen molar-refractivity contribution in [3.63, 3.8) is 0 Å². The molecular formula is C21H25N5O2. The van der Waals surface area contributed by atoms with Gasteiger partial charge in [-0.3, -0.25) is 14.0 Å². The zero-order chi connectivity index (χ0) is 20.3. The summed E-state index contributed by atoms with van der Waals surface area (Å²) in [5.41, 5.74) is 2.53. The highest BCUT2D eigenvalue weighted by atomic mass is 16.2. The normalized spacial score (nSPS) is 11.9.